The molecule has 0 radical (unpaired) electrons. The van der Waals surface area contributed by atoms with Crippen molar-refractivity contribution in [2.45, 2.75) is 26.3 Å². The summed E-state index contributed by atoms with van der Waals surface area (Å²) in [5, 5.41) is 3.30. The van der Waals surface area contributed by atoms with Gasteiger partial charge in [-0.1, -0.05) is 40.2 Å². The minimum Gasteiger partial charge on any atom is -0.313 e. The van der Waals surface area contributed by atoms with E-state index < -0.39 is 0 Å². The molecule has 1 nitrogen and oxygen atoms in total. The monoisotopic (exact) mass is 335 g/mol. The standard InChI is InChI=1S/C17H19BrFN/c1-11-5-4-6-15(12(11)2)17(20-3)9-13-7-8-14(18)10-16(13)19/h4-8,10,17,20H,9H2,1-3H3. The predicted octanol–water partition coefficient (Wildman–Crippen LogP) is 4.71. The highest BCUT2D eigenvalue weighted by atomic mass is 79.9. The molecule has 0 spiro atoms. The van der Waals surface area contributed by atoms with Crippen LogP contribution in [0.1, 0.15) is 28.3 Å². The van der Waals surface area contributed by atoms with Gasteiger partial charge in [0, 0.05) is 10.5 Å². The van der Waals surface area contributed by atoms with E-state index in [1.54, 1.807) is 0 Å². The molecule has 0 heterocycles. The van der Waals surface area contributed by atoms with Crippen molar-refractivity contribution in [2.75, 3.05) is 7.05 Å². The minimum absolute atomic E-state index is 0.116. The average molecular weight is 336 g/mol. The fourth-order valence-corrected chi connectivity index (χ4v) is 2.76. The van der Waals surface area contributed by atoms with Crippen molar-refractivity contribution >= 4 is 15.9 Å². The fourth-order valence-electron chi connectivity index (χ4n) is 2.43. The van der Waals surface area contributed by atoms with E-state index in [9.17, 15) is 4.39 Å². The molecule has 2 aromatic rings. The van der Waals surface area contributed by atoms with E-state index >= 15 is 0 Å². The van der Waals surface area contributed by atoms with E-state index in [0.29, 0.717) is 6.42 Å². The van der Waals surface area contributed by atoms with Crippen LogP contribution in [-0.4, -0.2) is 7.05 Å². The van der Waals surface area contributed by atoms with Gasteiger partial charge in [0.2, 0.25) is 0 Å². The van der Waals surface area contributed by atoms with Crippen LogP contribution in [0.2, 0.25) is 0 Å². The maximum absolute atomic E-state index is 14.0. The smallest absolute Gasteiger partial charge is 0.127 e. The van der Waals surface area contributed by atoms with Crippen LogP contribution in [0.4, 0.5) is 4.39 Å². The zero-order valence-corrected chi connectivity index (χ0v) is 13.6. The van der Waals surface area contributed by atoms with Gasteiger partial charge in [0.15, 0.2) is 0 Å². The van der Waals surface area contributed by atoms with Crippen molar-refractivity contribution in [3.63, 3.8) is 0 Å². The Hall–Kier alpha value is -1.19. The fraction of sp³-hybridized carbons (Fsp3) is 0.294. The van der Waals surface area contributed by atoms with E-state index in [0.717, 1.165) is 10.0 Å². The Morgan fingerprint density at radius 2 is 1.95 bits per heavy atom. The van der Waals surface area contributed by atoms with Crippen LogP contribution in [0.15, 0.2) is 40.9 Å². The summed E-state index contributed by atoms with van der Waals surface area (Å²) in [6.07, 6.45) is 0.639. The molecule has 0 saturated heterocycles. The first-order chi connectivity index (χ1) is 9.52. The zero-order chi connectivity index (χ0) is 14.7. The van der Waals surface area contributed by atoms with Gasteiger partial charge in [0.1, 0.15) is 5.82 Å². The van der Waals surface area contributed by atoms with Gasteiger partial charge in [0.25, 0.3) is 0 Å². The quantitative estimate of drug-likeness (QED) is 0.853. The van der Waals surface area contributed by atoms with Gasteiger partial charge in [-0.3, -0.25) is 0 Å². The third-order valence-electron chi connectivity index (χ3n) is 3.81. The van der Waals surface area contributed by atoms with Crippen LogP contribution in [0, 0.1) is 19.7 Å². The van der Waals surface area contributed by atoms with Gasteiger partial charge in [-0.25, -0.2) is 4.39 Å². The van der Waals surface area contributed by atoms with Gasteiger partial charge in [-0.2, -0.15) is 0 Å². The van der Waals surface area contributed by atoms with E-state index in [1.165, 1.54) is 22.8 Å². The number of benzene rings is 2. The molecule has 1 unspecified atom stereocenters. The summed E-state index contributed by atoms with van der Waals surface area (Å²) in [5.74, 6) is -0.162. The Morgan fingerprint density at radius 1 is 1.20 bits per heavy atom. The molecule has 0 bridgehead atoms. The summed E-state index contributed by atoms with van der Waals surface area (Å²) < 4.78 is 14.8. The largest absolute Gasteiger partial charge is 0.313 e. The van der Waals surface area contributed by atoms with Crippen molar-refractivity contribution < 1.29 is 4.39 Å². The van der Waals surface area contributed by atoms with Crippen LogP contribution in [-0.2, 0) is 6.42 Å². The number of hydrogen-bond acceptors (Lipinski definition) is 1. The zero-order valence-electron chi connectivity index (χ0n) is 12.0. The second-order valence-corrected chi connectivity index (χ2v) is 5.99. The Bertz CT molecular complexity index is 610. The molecule has 0 amide bonds. The van der Waals surface area contributed by atoms with Gasteiger partial charge in [-0.15, -0.1) is 0 Å². The molecular weight excluding hydrogens is 317 g/mol. The molecule has 3 heteroatoms. The molecule has 106 valence electrons. The first kappa shape index (κ1) is 15.2. The lowest BCUT2D eigenvalue weighted by Crippen LogP contribution is -2.20. The van der Waals surface area contributed by atoms with Crippen molar-refractivity contribution in [1.82, 2.24) is 5.32 Å². The Balaban J connectivity index is 2.31. The van der Waals surface area contributed by atoms with Gasteiger partial charge < -0.3 is 5.32 Å². The van der Waals surface area contributed by atoms with Gasteiger partial charge >= 0.3 is 0 Å². The number of likely N-dealkylation sites (N-methyl/N-ethyl adjacent to an activating group) is 1. The van der Waals surface area contributed by atoms with Crippen LogP contribution < -0.4 is 5.32 Å². The van der Waals surface area contributed by atoms with E-state index in [2.05, 4.69) is 53.3 Å². The highest BCUT2D eigenvalue weighted by Gasteiger charge is 2.15. The minimum atomic E-state index is -0.162. The molecular formula is C17H19BrFN. The molecule has 1 N–H and O–H groups in total. The number of halogens is 2. The lowest BCUT2D eigenvalue weighted by Gasteiger charge is -2.20. The molecule has 0 saturated carbocycles. The third kappa shape index (κ3) is 3.28. The topological polar surface area (TPSA) is 12.0 Å². The molecule has 1 atom stereocenters. The lowest BCUT2D eigenvalue weighted by molar-refractivity contribution is 0.552. The molecule has 0 aliphatic rings. The summed E-state index contributed by atoms with van der Waals surface area (Å²) in [7, 11) is 1.92. The number of aryl methyl sites for hydroxylation is 1. The molecule has 0 aromatic heterocycles. The average Bonchev–Trinajstić information content (AvgIpc) is 2.42. The normalized spacial score (nSPS) is 12.4. The van der Waals surface area contributed by atoms with Crippen LogP contribution in [0.3, 0.4) is 0 Å². The van der Waals surface area contributed by atoms with Crippen molar-refractivity contribution in [1.29, 1.82) is 0 Å². The summed E-state index contributed by atoms with van der Waals surface area (Å²) >= 11 is 3.29. The van der Waals surface area contributed by atoms with Gasteiger partial charge in [0.05, 0.1) is 0 Å². The highest BCUT2D eigenvalue weighted by Crippen LogP contribution is 2.25. The summed E-state index contributed by atoms with van der Waals surface area (Å²) in [6, 6.07) is 11.6. The van der Waals surface area contributed by atoms with Crippen LogP contribution >= 0.6 is 15.9 Å². The second kappa shape index (κ2) is 6.51. The SMILES string of the molecule is CNC(Cc1ccc(Br)cc1F)c1cccc(C)c1C. The molecule has 0 fully saturated rings. The molecule has 20 heavy (non-hydrogen) atoms. The van der Waals surface area contributed by atoms with Crippen LogP contribution in [0.25, 0.3) is 0 Å². The highest BCUT2D eigenvalue weighted by molar-refractivity contribution is 9.10. The summed E-state index contributed by atoms with van der Waals surface area (Å²) in [5.41, 5.74) is 4.49. The second-order valence-electron chi connectivity index (χ2n) is 5.07. The Labute approximate surface area is 128 Å². The molecule has 2 aromatic carbocycles. The number of nitrogens with one attached hydrogen (secondary N) is 1. The number of hydrogen-bond donors (Lipinski definition) is 1. The predicted molar refractivity (Wildman–Crippen MR) is 85.5 cm³/mol. The first-order valence-electron chi connectivity index (χ1n) is 6.70. The van der Waals surface area contributed by atoms with E-state index in [4.69, 9.17) is 0 Å². The van der Waals surface area contributed by atoms with Gasteiger partial charge in [-0.05, 0) is 61.7 Å². The van der Waals surface area contributed by atoms with E-state index in [-0.39, 0.29) is 11.9 Å². The Morgan fingerprint density at radius 3 is 2.60 bits per heavy atom. The van der Waals surface area contributed by atoms with E-state index in [1.807, 2.05) is 19.2 Å². The van der Waals surface area contributed by atoms with Crippen molar-refractivity contribution in [3.05, 3.63) is 68.9 Å². The van der Waals surface area contributed by atoms with Crippen LogP contribution in [0.5, 0.6) is 0 Å². The third-order valence-corrected chi connectivity index (χ3v) is 4.30. The first-order valence-corrected chi connectivity index (χ1v) is 7.49. The Kier molecular flexibility index (Phi) is 4.95. The summed E-state index contributed by atoms with van der Waals surface area (Å²) in [4.78, 5) is 0. The molecule has 0 aliphatic carbocycles. The maximum Gasteiger partial charge on any atom is 0.127 e. The van der Waals surface area contributed by atoms with Crippen molar-refractivity contribution in [2.24, 2.45) is 0 Å². The maximum atomic E-state index is 14.0. The van der Waals surface area contributed by atoms with Crippen molar-refractivity contribution in [3.8, 4) is 0 Å². The molecule has 0 aliphatic heterocycles. The summed E-state index contributed by atoms with van der Waals surface area (Å²) in [6.45, 7) is 4.22. The number of rotatable bonds is 4. The lowest BCUT2D eigenvalue weighted by atomic mass is 9.93. The molecule has 2 rings (SSSR count).